The summed E-state index contributed by atoms with van der Waals surface area (Å²) < 4.78 is 12.3. The van der Waals surface area contributed by atoms with Crippen LogP contribution in [0.1, 0.15) is 54.3 Å². The number of nitrogens with two attached hydrogens (primary N) is 1. The second-order valence-corrected chi connectivity index (χ2v) is 9.59. The van der Waals surface area contributed by atoms with E-state index in [-0.39, 0.29) is 18.3 Å². The Balaban J connectivity index is 0.000000589. The number of aromatic amines is 1. The van der Waals surface area contributed by atoms with E-state index in [9.17, 15) is 0 Å². The van der Waals surface area contributed by atoms with Gasteiger partial charge in [0.1, 0.15) is 5.82 Å². The zero-order chi connectivity index (χ0) is 22.1. The van der Waals surface area contributed by atoms with E-state index in [4.69, 9.17) is 15.0 Å². The molecule has 2 heterocycles. The number of hydrogen-bond donors (Lipinski definition) is 2. The Bertz CT molecular complexity index is 992. The Hall–Kier alpha value is -2.15. The summed E-state index contributed by atoms with van der Waals surface area (Å²) in [5.41, 5.74) is 8.06. The molecule has 1 aliphatic heterocycles. The van der Waals surface area contributed by atoms with Gasteiger partial charge in [-0.15, -0.1) is 0 Å². The van der Waals surface area contributed by atoms with Crippen molar-refractivity contribution < 1.29 is 9.31 Å². The Labute approximate surface area is 180 Å². The lowest BCUT2D eigenvalue weighted by Crippen LogP contribution is -2.41. The summed E-state index contributed by atoms with van der Waals surface area (Å²) in [6.07, 6.45) is 1.82. The monoisotopic (exact) mass is 407 g/mol. The van der Waals surface area contributed by atoms with Crippen molar-refractivity contribution in [2.24, 2.45) is 11.7 Å². The minimum Gasteiger partial charge on any atom is -0.399 e. The third-order valence-corrected chi connectivity index (χ3v) is 5.52. The van der Waals surface area contributed by atoms with Crippen LogP contribution in [0.15, 0.2) is 42.6 Å². The molecule has 1 aliphatic rings. The predicted molar refractivity (Wildman–Crippen MR) is 126 cm³/mol. The lowest BCUT2D eigenvalue weighted by molar-refractivity contribution is 0.00578. The molecule has 1 saturated heterocycles. The fraction of sp³-hybridized carbons (Fsp3) is 0.458. The van der Waals surface area contributed by atoms with Crippen LogP contribution in [0, 0.1) is 5.92 Å². The van der Waals surface area contributed by atoms with Gasteiger partial charge in [-0.3, -0.25) is 0 Å². The molecule has 0 saturated carbocycles. The van der Waals surface area contributed by atoms with Crippen LogP contribution in [-0.2, 0) is 15.9 Å². The summed E-state index contributed by atoms with van der Waals surface area (Å²) in [7, 11) is -0.344. The van der Waals surface area contributed by atoms with Crippen LogP contribution in [0.2, 0.25) is 0 Å². The molecular weight excluding hydrogens is 373 g/mol. The van der Waals surface area contributed by atoms with Crippen LogP contribution in [0.25, 0.3) is 22.0 Å². The molecule has 0 atom stereocenters. The number of H-pyrrole nitrogens is 1. The molecule has 1 aromatic heterocycles. The predicted octanol–water partition coefficient (Wildman–Crippen LogP) is 4.65. The standard InChI is InChI=1S/C20H24BN3O2.C4H10/c1-19(2)20(3,4)26-21(25-19)16-8-7-13-9-15(6-5-14(13)10-16)17-12-23-18(11-22)24-17;1-4(2)3/h5-10,12H,11,22H2,1-4H3,(H,23,24);4H,1-3H3. The summed E-state index contributed by atoms with van der Waals surface area (Å²) in [5, 5.41) is 2.31. The fourth-order valence-electron chi connectivity index (χ4n) is 3.17. The normalized spacial score (nSPS) is 17.3. The Kier molecular flexibility index (Phi) is 6.41. The highest BCUT2D eigenvalue weighted by Crippen LogP contribution is 2.36. The molecule has 5 nitrogen and oxygen atoms in total. The second-order valence-electron chi connectivity index (χ2n) is 9.59. The molecule has 0 spiro atoms. The average molecular weight is 407 g/mol. The Morgan fingerprint density at radius 1 is 0.967 bits per heavy atom. The molecule has 2 aromatic carbocycles. The quantitative estimate of drug-likeness (QED) is 0.620. The fourth-order valence-corrected chi connectivity index (χ4v) is 3.17. The molecule has 4 rings (SSSR count). The van der Waals surface area contributed by atoms with Crippen LogP contribution in [0.3, 0.4) is 0 Å². The lowest BCUT2D eigenvalue weighted by atomic mass is 9.78. The van der Waals surface area contributed by atoms with Gasteiger partial charge in [0.15, 0.2) is 0 Å². The van der Waals surface area contributed by atoms with E-state index in [1.165, 1.54) is 0 Å². The van der Waals surface area contributed by atoms with Gasteiger partial charge in [-0.1, -0.05) is 51.1 Å². The SMILES string of the molecule is CC(C)C.CC1(C)OB(c2ccc3cc(-c4cnc(CN)[nH]4)ccc3c2)OC1(C)C. The van der Waals surface area contributed by atoms with Gasteiger partial charge in [0.2, 0.25) is 0 Å². The first-order valence-corrected chi connectivity index (χ1v) is 10.7. The van der Waals surface area contributed by atoms with Gasteiger partial charge in [-0.05, 0) is 55.9 Å². The molecule has 0 radical (unpaired) electrons. The maximum atomic E-state index is 6.16. The molecule has 0 aliphatic carbocycles. The first-order chi connectivity index (χ1) is 14.0. The molecule has 0 amide bonds. The van der Waals surface area contributed by atoms with Gasteiger partial charge in [0, 0.05) is 5.56 Å². The molecule has 160 valence electrons. The highest BCUT2D eigenvalue weighted by molar-refractivity contribution is 6.62. The third kappa shape index (κ3) is 4.77. The van der Waals surface area contributed by atoms with Gasteiger partial charge in [0.05, 0.1) is 29.6 Å². The Morgan fingerprint density at radius 3 is 2.10 bits per heavy atom. The number of imidazole rings is 1. The van der Waals surface area contributed by atoms with Gasteiger partial charge < -0.3 is 20.0 Å². The summed E-state index contributed by atoms with van der Waals surface area (Å²) in [4.78, 5) is 7.51. The first kappa shape index (κ1) is 22.5. The minimum atomic E-state index is -0.344. The van der Waals surface area contributed by atoms with Gasteiger partial charge in [0.25, 0.3) is 0 Å². The Morgan fingerprint density at radius 2 is 1.53 bits per heavy atom. The number of fused-ring (bicyclic) bond motifs is 1. The van der Waals surface area contributed by atoms with Crippen molar-refractivity contribution in [2.45, 2.75) is 66.2 Å². The van der Waals surface area contributed by atoms with Crippen molar-refractivity contribution in [3.63, 3.8) is 0 Å². The van der Waals surface area contributed by atoms with E-state index in [1.54, 1.807) is 0 Å². The third-order valence-electron chi connectivity index (χ3n) is 5.52. The maximum absolute atomic E-state index is 6.16. The van der Waals surface area contributed by atoms with Gasteiger partial charge in [-0.25, -0.2) is 4.98 Å². The number of aromatic nitrogens is 2. The highest BCUT2D eigenvalue weighted by Gasteiger charge is 2.51. The van der Waals surface area contributed by atoms with E-state index in [0.29, 0.717) is 6.54 Å². The highest BCUT2D eigenvalue weighted by atomic mass is 16.7. The van der Waals surface area contributed by atoms with Crippen molar-refractivity contribution in [3.05, 3.63) is 48.4 Å². The zero-order valence-corrected chi connectivity index (χ0v) is 19.2. The smallest absolute Gasteiger partial charge is 0.399 e. The van der Waals surface area contributed by atoms with E-state index < -0.39 is 0 Å². The number of nitrogens with one attached hydrogen (secondary N) is 1. The molecule has 1 fully saturated rings. The van der Waals surface area contributed by atoms with Crippen LogP contribution in [-0.4, -0.2) is 28.3 Å². The van der Waals surface area contributed by atoms with Crippen molar-refractivity contribution in [1.29, 1.82) is 0 Å². The van der Waals surface area contributed by atoms with Crippen molar-refractivity contribution >= 4 is 23.4 Å². The van der Waals surface area contributed by atoms with E-state index in [1.807, 2.05) is 6.20 Å². The number of hydrogen-bond acceptors (Lipinski definition) is 4. The summed E-state index contributed by atoms with van der Waals surface area (Å²) in [6.45, 7) is 15.2. The summed E-state index contributed by atoms with van der Waals surface area (Å²) in [5.74, 6) is 1.62. The summed E-state index contributed by atoms with van der Waals surface area (Å²) in [6, 6.07) is 12.7. The zero-order valence-electron chi connectivity index (χ0n) is 19.2. The molecule has 0 unspecified atom stereocenters. The number of nitrogens with zero attached hydrogens (tertiary/aromatic N) is 1. The molecule has 0 bridgehead atoms. The largest absolute Gasteiger partial charge is 0.494 e. The molecule has 3 aromatic rings. The van der Waals surface area contributed by atoms with E-state index in [2.05, 4.69) is 94.8 Å². The molecular formula is C24H34BN3O2. The van der Waals surface area contributed by atoms with E-state index in [0.717, 1.165) is 39.2 Å². The average Bonchev–Trinajstić information content (AvgIpc) is 3.22. The van der Waals surface area contributed by atoms with Gasteiger partial charge >= 0.3 is 7.12 Å². The first-order valence-electron chi connectivity index (χ1n) is 10.7. The van der Waals surface area contributed by atoms with Gasteiger partial charge in [-0.2, -0.15) is 0 Å². The van der Waals surface area contributed by atoms with Crippen LogP contribution in [0.4, 0.5) is 0 Å². The van der Waals surface area contributed by atoms with Crippen molar-refractivity contribution in [1.82, 2.24) is 9.97 Å². The maximum Gasteiger partial charge on any atom is 0.494 e. The molecule has 3 N–H and O–H groups in total. The topological polar surface area (TPSA) is 73.2 Å². The van der Waals surface area contributed by atoms with Crippen molar-refractivity contribution in [2.75, 3.05) is 0 Å². The number of rotatable bonds is 3. The minimum absolute atomic E-state index is 0.336. The molecule has 30 heavy (non-hydrogen) atoms. The van der Waals surface area contributed by atoms with Crippen LogP contribution in [0.5, 0.6) is 0 Å². The van der Waals surface area contributed by atoms with Crippen LogP contribution < -0.4 is 11.2 Å². The number of benzene rings is 2. The van der Waals surface area contributed by atoms with Crippen molar-refractivity contribution in [3.8, 4) is 11.3 Å². The van der Waals surface area contributed by atoms with Crippen LogP contribution >= 0.6 is 0 Å². The second kappa shape index (κ2) is 8.54. The lowest BCUT2D eigenvalue weighted by Gasteiger charge is -2.32. The summed E-state index contributed by atoms with van der Waals surface area (Å²) >= 11 is 0. The van der Waals surface area contributed by atoms with E-state index >= 15 is 0 Å². The molecule has 6 heteroatoms.